The van der Waals surface area contributed by atoms with Crippen molar-refractivity contribution in [2.75, 3.05) is 24.6 Å². The van der Waals surface area contributed by atoms with Crippen molar-refractivity contribution in [3.63, 3.8) is 0 Å². The maximum atomic E-state index is 2.50. The van der Waals surface area contributed by atoms with Gasteiger partial charge in [-0.3, -0.25) is 0 Å². The molecule has 0 aromatic rings. The van der Waals surface area contributed by atoms with E-state index in [-0.39, 0.29) is 0 Å². The minimum Gasteiger partial charge on any atom is -0.306 e. The summed E-state index contributed by atoms with van der Waals surface area (Å²) < 4.78 is 1.26. The van der Waals surface area contributed by atoms with Crippen LogP contribution in [0.3, 0.4) is 0 Å². The molecule has 0 heterocycles. The third-order valence-corrected chi connectivity index (χ3v) is 3.55. The third kappa shape index (κ3) is 4.65. The van der Waals surface area contributed by atoms with E-state index in [1.54, 1.807) is 0 Å². The van der Waals surface area contributed by atoms with Gasteiger partial charge in [-0.05, 0) is 24.9 Å². The molecule has 0 aliphatic carbocycles. The van der Waals surface area contributed by atoms with Crippen LogP contribution in [0.15, 0.2) is 0 Å². The van der Waals surface area contributed by atoms with Gasteiger partial charge in [-0.1, -0.05) is 50.3 Å². The minimum atomic E-state index is 0.449. The first-order valence-corrected chi connectivity index (χ1v) is 6.18. The second kappa shape index (κ2) is 5.43. The van der Waals surface area contributed by atoms with Crippen molar-refractivity contribution in [2.45, 2.75) is 27.7 Å². The largest absolute Gasteiger partial charge is 0.306 e. The molecule has 0 spiro atoms. The zero-order valence-electron chi connectivity index (χ0n) is 9.02. The number of nitrogens with zero attached hydrogens (tertiary/aromatic N) is 1. The van der Waals surface area contributed by atoms with Crippen LogP contribution >= 0.6 is 22.6 Å². The molecule has 1 nitrogen and oxygen atoms in total. The Morgan fingerprint density at radius 3 is 2.08 bits per heavy atom. The molecule has 0 fully saturated rings. The molecule has 74 valence electrons. The van der Waals surface area contributed by atoms with Gasteiger partial charge >= 0.3 is 0 Å². The Morgan fingerprint density at radius 2 is 1.83 bits per heavy atom. The highest BCUT2D eigenvalue weighted by atomic mass is 127. The highest BCUT2D eigenvalue weighted by molar-refractivity contribution is 14.1. The molecule has 0 N–H and O–H groups in total. The van der Waals surface area contributed by atoms with Gasteiger partial charge in [0.15, 0.2) is 0 Å². The Kier molecular flexibility index (Phi) is 5.74. The first kappa shape index (κ1) is 12.7. The summed E-state index contributed by atoms with van der Waals surface area (Å²) in [4.78, 5) is 2.40. The van der Waals surface area contributed by atoms with Gasteiger partial charge in [0.25, 0.3) is 0 Å². The lowest BCUT2D eigenvalue weighted by atomic mass is 9.82. The molecular formula is C10H22IN. The first-order valence-electron chi connectivity index (χ1n) is 4.66. The topological polar surface area (TPSA) is 3.24 Å². The summed E-state index contributed by atoms with van der Waals surface area (Å²) in [5.74, 6) is 0.808. The predicted octanol–water partition coefficient (Wildman–Crippen LogP) is 3.04. The van der Waals surface area contributed by atoms with Crippen LogP contribution in [0, 0.1) is 11.3 Å². The quantitative estimate of drug-likeness (QED) is 0.566. The molecule has 0 aromatic carbocycles. The van der Waals surface area contributed by atoms with E-state index in [2.05, 4.69) is 62.2 Å². The monoisotopic (exact) mass is 283 g/mol. The molecule has 0 aromatic heterocycles. The fourth-order valence-electron chi connectivity index (χ4n) is 1.06. The van der Waals surface area contributed by atoms with Crippen LogP contribution < -0.4 is 0 Å². The molecule has 12 heavy (non-hydrogen) atoms. The summed E-state index contributed by atoms with van der Waals surface area (Å²) in [6.45, 7) is 11.6. The molecular weight excluding hydrogens is 261 g/mol. The van der Waals surface area contributed by atoms with Crippen LogP contribution in [0.4, 0.5) is 0 Å². The first-order chi connectivity index (χ1) is 5.41. The van der Waals surface area contributed by atoms with Gasteiger partial charge < -0.3 is 4.90 Å². The van der Waals surface area contributed by atoms with E-state index in [0.29, 0.717) is 5.41 Å². The second-order valence-corrected chi connectivity index (χ2v) is 5.45. The van der Waals surface area contributed by atoms with Crippen molar-refractivity contribution < 1.29 is 0 Å². The van der Waals surface area contributed by atoms with Crippen LogP contribution in [0.2, 0.25) is 0 Å². The van der Waals surface area contributed by atoms with Crippen molar-refractivity contribution in [3.8, 4) is 0 Å². The lowest BCUT2D eigenvalue weighted by Crippen LogP contribution is -2.34. The van der Waals surface area contributed by atoms with E-state index in [4.69, 9.17) is 0 Å². The van der Waals surface area contributed by atoms with Crippen molar-refractivity contribution in [2.24, 2.45) is 11.3 Å². The zero-order chi connectivity index (χ0) is 9.78. The standard InChI is InChI=1S/C10H22IN/c1-6-12(5)8-9(7-11)10(2,3)4/h9H,6-8H2,1-5H3. The third-order valence-electron chi connectivity index (χ3n) is 2.48. The summed E-state index contributed by atoms with van der Waals surface area (Å²) in [6.07, 6.45) is 0. The second-order valence-electron chi connectivity index (χ2n) is 4.57. The molecule has 2 heteroatoms. The number of hydrogen-bond donors (Lipinski definition) is 0. The number of hydrogen-bond acceptors (Lipinski definition) is 1. The fraction of sp³-hybridized carbons (Fsp3) is 1.00. The van der Waals surface area contributed by atoms with Gasteiger partial charge in [-0.25, -0.2) is 0 Å². The van der Waals surface area contributed by atoms with Crippen molar-refractivity contribution >= 4 is 22.6 Å². The Morgan fingerprint density at radius 1 is 1.33 bits per heavy atom. The van der Waals surface area contributed by atoms with Gasteiger partial charge in [-0.2, -0.15) is 0 Å². The van der Waals surface area contributed by atoms with Crippen molar-refractivity contribution in [1.82, 2.24) is 4.90 Å². The molecule has 0 bridgehead atoms. The lowest BCUT2D eigenvalue weighted by Gasteiger charge is -2.32. The van der Waals surface area contributed by atoms with Gasteiger partial charge in [-0.15, -0.1) is 0 Å². The Balaban J connectivity index is 4.00. The summed E-state index contributed by atoms with van der Waals surface area (Å²) in [5.41, 5.74) is 0.449. The highest BCUT2D eigenvalue weighted by Gasteiger charge is 2.23. The maximum Gasteiger partial charge on any atom is 0.00409 e. The predicted molar refractivity (Wildman–Crippen MR) is 65.0 cm³/mol. The number of rotatable bonds is 4. The molecule has 1 atom stereocenters. The Bertz CT molecular complexity index is 117. The maximum absolute atomic E-state index is 2.50. The van der Waals surface area contributed by atoms with Crippen LogP contribution in [0.5, 0.6) is 0 Å². The average molecular weight is 283 g/mol. The van der Waals surface area contributed by atoms with Gasteiger partial charge in [0.2, 0.25) is 0 Å². The summed E-state index contributed by atoms with van der Waals surface area (Å²) in [7, 11) is 2.20. The average Bonchev–Trinajstić information content (AvgIpc) is 1.97. The fourth-order valence-corrected chi connectivity index (χ4v) is 2.66. The Hall–Kier alpha value is 0.690. The van der Waals surface area contributed by atoms with Gasteiger partial charge in [0.05, 0.1) is 0 Å². The number of alkyl halides is 1. The summed E-state index contributed by atoms with van der Waals surface area (Å²) >= 11 is 2.50. The molecule has 0 radical (unpaired) electrons. The highest BCUT2D eigenvalue weighted by Crippen LogP contribution is 2.27. The van der Waals surface area contributed by atoms with E-state index in [0.717, 1.165) is 12.5 Å². The normalized spacial score (nSPS) is 15.2. The van der Waals surface area contributed by atoms with E-state index < -0.39 is 0 Å². The minimum absolute atomic E-state index is 0.449. The van der Waals surface area contributed by atoms with E-state index in [9.17, 15) is 0 Å². The van der Waals surface area contributed by atoms with Crippen LogP contribution in [-0.4, -0.2) is 29.5 Å². The van der Waals surface area contributed by atoms with E-state index in [1.807, 2.05) is 0 Å². The SMILES string of the molecule is CCN(C)CC(CI)C(C)(C)C. The smallest absolute Gasteiger partial charge is 0.00409 e. The molecule has 0 aliphatic rings. The molecule has 0 aliphatic heterocycles. The molecule has 0 saturated heterocycles. The molecule has 0 amide bonds. The van der Waals surface area contributed by atoms with E-state index >= 15 is 0 Å². The summed E-state index contributed by atoms with van der Waals surface area (Å²) in [5, 5.41) is 0. The van der Waals surface area contributed by atoms with Crippen LogP contribution in [0.25, 0.3) is 0 Å². The van der Waals surface area contributed by atoms with Crippen molar-refractivity contribution in [1.29, 1.82) is 0 Å². The Labute approximate surface area is 91.0 Å². The van der Waals surface area contributed by atoms with Crippen LogP contribution in [-0.2, 0) is 0 Å². The van der Waals surface area contributed by atoms with Gasteiger partial charge in [0.1, 0.15) is 0 Å². The molecule has 0 rings (SSSR count). The number of halogens is 1. The van der Waals surface area contributed by atoms with E-state index in [1.165, 1.54) is 11.0 Å². The van der Waals surface area contributed by atoms with Crippen molar-refractivity contribution in [3.05, 3.63) is 0 Å². The molecule has 1 unspecified atom stereocenters. The zero-order valence-corrected chi connectivity index (χ0v) is 11.2. The van der Waals surface area contributed by atoms with Crippen LogP contribution in [0.1, 0.15) is 27.7 Å². The lowest BCUT2D eigenvalue weighted by molar-refractivity contribution is 0.194. The summed E-state index contributed by atoms with van der Waals surface area (Å²) in [6, 6.07) is 0. The molecule has 0 saturated carbocycles. The van der Waals surface area contributed by atoms with Gasteiger partial charge in [0, 0.05) is 11.0 Å².